The van der Waals surface area contributed by atoms with Crippen LogP contribution in [0.1, 0.15) is 30.6 Å². The van der Waals surface area contributed by atoms with Crippen LogP contribution in [0.4, 0.5) is 0 Å². The third-order valence-electron chi connectivity index (χ3n) is 2.38. The third kappa shape index (κ3) is 2.91. The van der Waals surface area contributed by atoms with Crippen molar-refractivity contribution in [2.75, 3.05) is 6.26 Å². The molecule has 5 nitrogen and oxygen atoms in total. The molecule has 1 aromatic rings. The normalized spacial score (nSPS) is 13.7. The van der Waals surface area contributed by atoms with Crippen molar-refractivity contribution in [2.45, 2.75) is 32.1 Å². The molecule has 0 bridgehead atoms. The first-order valence-corrected chi connectivity index (χ1v) is 7.07. The Hall–Kier alpha value is -1.17. The average molecular weight is 244 g/mol. The number of sulfone groups is 1. The lowest BCUT2D eigenvalue weighted by Crippen LogP contribution is -2.26. The van der Waals surface area contributed by atoms with Crippen molar-refractivity contribution in [3.8, 4) is 0 Å². The van der Waals surface area contributed by atoms with Crippen LogP contribution in [-0.2, 0) is 16.4 Å². The van der Waals surface area contributed by atoms with E-state index in [2.05, 4.69) is 5.10 Å². The van der Waals surface area contributed by atoms with E-state index in [9.17, 15) is 13.2 Å². The van der Waals surface area contributed by atoms with E-state index in [4.69, 9.17) is 0 Å². The van der Waals surface area contributed by atoms with Crippen LogP contribution in [0.15, 0.2) is 12.4 Å². The zero-order valence-corrected chi connectivity index (χ0v) is 10.5. The zero-order valence-electron chi connectivity index (χ0n) is 9.67. The number of carbonyl (C=O) groups is 1. The molecule has 0 spiro atoms. The molecule has 16 heavy (non-hydrogen) atoms. The Morgan fingerprint density at radius 3 is 2.69 bits per heavy atom. The molecule has 0 saturated heterocycles. The highest BCUT2D eigenvalue weighted by Gasteiger charge is 2.25. The van der Waals surface area contributed by atoms with Gasteiger partial charge in [-0.25, -0.2) is 8.42 Å². The first-order chi connectivity index (χ1) is 7.36. The summed E-state index contributed by atoms with van der Waals surface area (Å²) in [6, 6.07) is 0. The van der Waals surface area contributed by atoms with Gasteiger partial charge in [-0.2, -0.15) is 5.10 Å². The lowest BCUT2D eigenvalue weighted by molar-refractivity contribution is 0.0991. The van der Waals surface area contributed by atoms with Gasteiger partial charge < -0.3 is 0 Å². The van der Waals surface area contributed by atoms with Crippen LogP contribution in [0, 0.1) is 0 Å². The molecule has 1 heterocycles. The van der Waals surface area contributed by atoms with Crippen LogP contribution < -0.4 is 0 Å². The first-order valence-electron chi connectivity index (χ1n) is 5.11. The number of aryl methyl sites for hydroxylation is 1. The van der Waals surface area contributed by atoms with E-state index in [1.54, 1.807) is 10.9 Å². The summed E-state index contributed by atoms with van der Waals surface area (Å²) >= 11 is 0. The molecule has 1 atom stereocenters. The van der Waals surface area contributed by atoms with Gasteiger partial charge in [0.2, 0.25) is 0 Å². The second-order valence-electron chi connectivity index (χ2n) is 3.83. The third-order valence-corrected chi connectivity index (χ3v) is 3.88. The van der Waals surface area contributed by atoms with Gasteiger partial charge in [-0.05, 0) is 13.3 Å². The SMILES string of the molecule is CCCn1cc(C(=O)C(C)S(C)(=O)=O)cn1. The highest BCUT2D eigenvalue weighted by Crippen LogP contribution is 2.09. The number of hydrogen-bond donors (Lipinski definition) is 0. The molecule has 0 aliphatic carbocycles. The van der Waals surface area contributed by atoms with Crippen molar-refractivity contribution >= 4 is 15.6 Å². The predicted molar refractivity (Wildman–Crippen MR) is 61.2 cm³/mol. The molecule has 0 fully saturated rings. The minimum Gasteiger partial charge on any atom is -0.293 e. The Kier molecular flexibility index (Phi) is 3.85. The van der Waals surface area contributed by atoms with E-state index in [1.807, 2.05) is 6.92 Å². The predicted octanol–water partition coefficient (Wildman–Crippen LogP) is 0.909. The standard InChI is InChI=1S/C10H16N2O3S/c1-4-5-12-7-9(6-11-12)10(13)8(2)16(3,14)15/h6-8H,4-5H2,1-3H3. The van der Waals surface area contributed by atoms with Crippen molar-refractivity contribution in [3.05, 3.63) is 18.0 Å². The van der Waals surface area contributed by atoms with Gasteiger partial charge in [0, 0.05) is 19.0 Å². The fraction of sp³-hybridized carbons (Fsp3) is 0.600. The van der Waals surface area contributed by atoms with E-state index >= 15 is 0 Å². The van der Waals surface area contributed by atoms with Gasteiger partial charge in [0.25, 0.3) is 0 Å². The van der Waals surface area contributed by atoms with Crippen LogP contribution in [0.5, 0.6) is 0 Å². The topological polar surface area (TPSA) is 69.0 Å². The maximum Gasteiger partial charge on any atom is 0.183 e. The molecule has 0 amide bonds. The maximum absolute atomic E-state index is 11.8. The van der Waals surface area contributed by atoms with Crippen LogP contribution in [0.2, 0.25) is 0 Å². The van der Waals surface area contributed by atoms with Crippen LogP contribution in [-0.4, -0.2) is 35.5 Å². The number of rotatable bonds is 5. The molecule has 0 aliphatic rings. The van der Waals surface area contributed by atoms with Crippen molar-refractivity contribution in [1.29, 1.82) is 0 Å². The number of hydrogen-bond acceptors (Lipinski definition) is 4. The summed E-state index contributed by atoms with van der Waals surface area (Å²) in [7, 11) is -3.34. The summed E-state index contributed by atoms with van der Waals surface area (Å²) in [6.45, 7) is 4.12. The smallest absolute Gasteiger partial charge is 0.183 e. The first kappa shape index (κ1) is 12.9. The second-order valence-corrected chi connectivity index (χ2v) is 6.19. The fourth-order valence-electron chi connectivity index (χ4n) is 1.27. The number of nitrogens with zero attached hydrogens (tertiary/aromatic N) is 2. The number of carbonyl (C=O) groups excluding carboxylic acids is 1. The average Bonchev–Trinajstić information content (AvgIpc) is 2.63. The monoisotopic (exact) mass is 244 g/mol. The van der Waals surface area contributed by atoms with Gasteiger partial charge in [-0.15, -0.1) is 0 Å². The van der Waals surface area contributed by atoms with E-state index in [1.165, 1.54) is 13.1 Å². The van der Waals surface area contributed by atoms with Gasteiger partial charge in [-0.3, -0.25) is 9.48 Å². The maximum atomic E-state index is 11.8. The van der Waals surface area contributed by atoms with Crippen molar-refractivity contribution in [3.63, 3.8) is 0 Å². The summed E-state index contributed by atoms with van der Waals surface area (Å²) in [6.07, 6.45) is 4.98. The Labute approximate surface area is 95.4 Å². The van der Waals surface area contributed by atoms with E-state index < -0.39 is 20.9 Å². The Morgan fingerprint density at radius 2 is 2.19 bits per heavy atom. The second kappa shape index (κ2) is 4.78. The highest BCUT2D eigenvalue weighted by atomic mass is 32.2. The molecule has 90 valence electrons. The Balaban J connectivity index is 2.88. The fourth-order valence-corrected chi connectivity index (χ4v) is 1.80. The van der Waals surface area contributed by atoms with Gasteiger partial charge in [0.05, 0.1) is 11.8 Å². The van der Waals surface area contributed by atoms with E-state index in [-0.39, 0.29) is 0 Å². The van der Waals surface area contributed by atoms with Crippen LogP contribution >= 0.6 is 0 Å². The minimum absolute atomic E-state index is 0.353. The molecule has 0 N–H and O–H groups in total. The molecule has 1 rings (SSSR count). The molecule has 0 saturated carbocycles. The summed E-state index contributed by atoms with van der Waals surface area (Å²) in [5, 5.41) is 2.98. The van der Waals surface area contributed by atoms with Gasteiger partial charge in [0.15, 0.2) is 15.6 Å². The molecule has 0 aliphatic heterocycles. The Bertz CT molecular complexity index is 476. The van der Waals surface area contributed by atoms with Crippen molar-refractivity contribution < 1.29 is 13.2 Å². The largest absolute Gasteiger partial charge is 0.293 e. The summed E-state index contributed by atoms with van der Waals surface area (Å²) in [4.78, 5) is 11.8. The van der Waals surface area contributed by atoms with Gasteiger partial charge in [-0.1, -0.05) is 6.92 Å². The summed E-state index contributed by atoms with van der Waals surface area (Å²) in [5.74, 6) is -0.398. The Morgan fingerprint density at radius 1 is 1.56 bits per heavy atom. The summed E-state index contributed by atoms with van der Waals surface area (Å²) in [5.41, 5.74) is 0.353. The summed E-state index contributed by atoms with van der Waals surface area (Å²) < 4.78 is 24.1. The molecule has 0 radical (unpaired) electrons. The van der Waals surface area contributed by atoms with Gasteiger partial charge >= 0.3 is 0 Å². The molecule has 6 heteroatoms. The van der Waals surface area contributed by atoms with Gasteiger partial charge in [0.1, 0.15) is 5.25 Å². The molecule has 1 aromatic heterocycles. The van der Waals surface area contributed by atoms with E-state index in [0.29, 0.717) is 5.56 Å². The zero-order chi connectivity index (χ0) is 12.3. The molecular weight excluding hydrogens is 228 g/mol. The molecular formula is C10H16N2O3S. The van der Waals surface area contributed by atoms with E-state index in [0.717, 1.165) is 19.2 Å². The number of Topliss-reactive ketones (excluding diaryl/α,β-unsaturated/α-hetero) is 1. The quantitative estimate of drug-likeness (QED) is 0.722. The van der Waals surface area contributed by atoms with Crippen LogP contribution in [0.3, 0.4) is 0 Å². The lowest BCUT2D eigenvalue weighted by Gasteiger charge is -2.05. The molecule has 0 aromatic carbocycles. The highest BCUT2D eigenvalue weighted by molar-refractivity contribution is 7.92. The van der Waals surface area contributed by atoms with Crippen LogP contribution in [0.25, 0.3) is 0 Å². The number of aromatic nitrogens is 2. The molecule has 1 unspecified atom stereocenters. The number of ketones is 1. The minimum atomic E-state index is -3.34. The lowest BCUT2D eigenvalue weighted by atomic mass is 10.2. The van der Waals surface area contributed by atoms with Crippen molar-refractivity contribution in [1.82, 2.24) is 9.78 Å². The van der Waals surface area contributed by atoms with Crippen molar-refractivity contribution in [2.24, 2.45) is 0 Å².